The lowest BCUT2D eigenvalue weighted by molar-refractivity contribution is 1.07. The van der Waals surface area contributed by atoms with Gasteiger partial charge in [-0.2, -0.15) is 0 Å². The molecular formula is C48H31N5. The van der Waals surface area contributed by atoms with Gasteiger partial charge in [-0.1, -0.05) is 121 Å². The number of rotatable bonds is 6. The summed E-state index contributed by atoms with van der Waals surface area (Å²) in [6.07, 6.45) is 1.86. The van der Waals surface area contributed by atoms with Crippen molar-refractivity contribution in [3.05, 3.63) is 188 Å². The summed E-state index contributed by atoms with van der Waals surface area (Å²) in [6.45, 7) is 0. The van der Waals surface area contributed by atoms with Crippen LogP contribution in [0, 0.1) is 0 Å². The van der Waals surface area contributed by atoms with E-state index in [4.69, 9.17) is 19.9 Å². The van der Waals surface area contributed by atoms with E-state index in [2.05, 4.69) is 144 Å². The molecular weight excluding hydrogens is 647 g/mol. The zero-order chi connectivity index (χ0) is 35.1. The molecule has 10 aromatic rings. The van der Waals surface area contributed by atoms with Crippen molar-refractivity contribution in [2.45, 2.75) is 0 Å². The number of hydrogen-bond donors (Lipinski definition) is 0. The average Bonchev–Trinajstić information content (AvgIpc) is 3.58. The summed E-state index contributed by atoms with van der Waals surface area (Å²) in [6, 6.07) is 63.2. The third-order valence-electron chi connectivity index (χ3n) is 9.87. The molecule has 0 aliphatic rings. The molecule has 0 fully saturated rings. The summed E-state index contributed by atoms with van der Waals surface area (Å²) < 4.78 is 2.32. The molecule has 0 saturated carbocycles. The van der Waals surface area contributed by atoms with Crippen molar-refractivity contribution in [1.82, 2.24) is 24.5 Å². The highest BCUT2D eigenvalue weighted by atomic mass is 15.0. The average molecular weight is 678 g/mol. The number of benzene rings is 7. The SMILES string of the molecule is c1ccc(-c2cc(-c3cccc(-c4nc(-c5ccccc5)nc(-c5ccc(-n6c7ccccc7c7ccccc76)cc5)n4)c3)c3ncccc3c2)cc1. The molecule has 0 aliphatic heterocycles. The zero-order valence-corrected chi connectivity index (χ0v) is 28.6. The molecule has 0 atom stereocenters. The predicted octanol–water partition coefficient (Wildman–Crippen LogP) is 11.9. The van der Waals surface area contributed by atoms with Crippen LogP contribution in [-0.2, 0) is 0 Å². The third kappa shape index (κ3) is 5.52. The highest BCUT2D eigenvalue weighted by Gasteiger charge is 2.16. The van der Waals surface area contributed by atoms with Crippen LogP contribution in [0.2, 0.25) is 0 Å². The summed E-state index contributed by atoms with van der Waals surface area (Å²) in [4.78, 5) is 20.0. The van der Waals surface area contributed by atoms with Gasteiger partial charge in [-0.15, -0.1) is 0 Å². The van der Waals surface area contributed by atoms with Crippen molar-refractivity contribution in [2.75, 3.05) is 0 Å². The van der Waals surface area contributed by atoms with Crippen LogP contribution in [0.3, 0.4) is 0 Å². The van der Waals surface area contributed by atoms with E-state index in [-0.39, 0.29) is 0 Å². The van der Waals surface area contributed by atoms with E-state index >= 15 is 0 Å². The third-order valence-corrected chi connectivity index (χ3v) is 9.87. The Morgan fingerprint density at radius 1 is 0.358 bits per heavy atom. The molecule has 0 unspecified atom stereocenters. The van der Waals surface area contributed by atoms with Crippen LogP contribution < -0.4 is 0 Å². The van der Waals surface area contributed by atoms with Gasteiger partial charge in [0, 0.05) is 50.3 Å². The second kappa shape index (κ2) is 12.8. The lowest BCUT2D eigenvalue weighted by Gasteiger charge is -2.13. The number of hydrogen-bond acceptors (Lipinski definition) is 4. The van der Waals surface area contributed by atoms with Gasteiger partial charge in [-0.3, -0.25) is 4.98 Å². The number of nitrogens with zero attached hydrogens (tertiary/aromatic N) is 5. The monoisotopic (exact) mass is 677 g/mol. The van der Waals surface area contributed by atoms with Crippen LogP contribution in [0.1, 0.15) is 0 Å². The predicted molar refractivity (Wildman–Crippen MR) is 217 cm³/mol. The van der Waals surface area contributed by atoms with Crippen LogP contribution in [0.4, 0.5) is 0 Å². The molecule has 0 saturated heterocycles. The van der Waals surface area contributed by atoms with Crippen molar-refractivity contribution >= 4 is 32.7 Å². The van der Waals surface area contributed by atoms with E-state index in [1.165, 1.54) is 21.8 Å². The minimum atomic E-state index is 0.610. The van der Waals surface area contributed by atoms with E-state index in [0.29, 0.717) is 17.5 Å². The maximum absolute atomic E-state index is 5.11. The molecule has 0 N–H and O–H groups in total. The molecule has 0 spiro atoms. The lowest BCUT2D eigenvalue weighted by atomic mass is 9.94. The number of aromatic nitrogens is 5. The molecule has 0 radical (unpaired) electrons. The van der Waals surface area contributed by atoms with Gasteiger partial charge in [0.05, 0.1) is 16.6 Å². The van der Waals surface area contributed by atoms with Gasteiger partial charge in [0.15, 0.2) is 17.5 Å². The second-order valence-electron chi connectivity index (χ2n) is 13.1. The zero-order valence-electron chi connectivity index (χ0n) is 28.6. The molecule has 248 valence electrons. The lowest BCUT2D eigenvalue weighted by Crippen LogP contribution is -2.01. The minimum Gasteiger partial charge on any atom is -0.309 e. The minimum absolute atomic E-state index is 0.610. The van der Waals surface area contributed by atoms with Gasteiger partial charge in [0.1, 0.15) is 0 Å². The summed E-state index contributed by atoms with van der Waals surface area (Å²) in [7, 11) is 0. The van der Waals surface area contributed by atoms with E-state index in [0.717, 1.165) is 55.5 Å². The summed E-state index contributed by atoms with van der Waals surface area (Å²) in [5, 5.41) is 3.56. The Balaban J connectivity index is 1.10. The molecule has 5 heteroatoms. The van der Waals surface area contributed by atoms with Crippen molar-refractivity contribution in [3.8, 4) is 62.1 Å². The van der Waals surface area contributed by atoms with E-state index in [1.54, 1.807) is 0 Å². The van der Waals surface area contributed by atoms with Crippen LogP contribution >= 0.6 is 0 Å². The van der Waals surface area contributed by atoms with Crippen LogP contribution in [-0.4, -0.2) is 24.5 Å². The first-order chi connectivity index (χ1) is 26.3. The van der Waals surface area contributed by atoms with Crippen LogP contribution in [0.5, 0.6) is 0 Å². The second-order valence-corrected chi connectivity index (χ2v) is 13.1. The Kier molecular flexibility index (Phi) is 7.40. The van der Waals surface area contributed by atoms with Crippen molar-refractivity contribution in [2.24, 2.45) is 0 Å². The van der Waals surface area contributed by atoms with E-state index in [9.17, 15) is 0 Å². The summed E-state index contributed by atoms with van der Waals surface area (Å²) in [5.74, 6) is 1.85. The molecule has 3 aromatic heterocycles. The fourth-order valence-electron chi connectivity index (χ4n) is 7.35. The van der Waals surface area contributed by atoms with Crippen LogP contribution in [0.25, 0.3) is 94.8 Å². The molecule has 5 nitrogen and oxygen atoms in total. The van der Waals surface area contributed by atoms with Gasteiger partial charge >= 0.3 is 0 Å². The highest BCUT2D eigenvalue weighted by molar-refractivity contribution is 6.09. The smallest absolute Gasteiger partial charge is 0.164 e. The Labute approximate surface area is 306 Å². The van der Waals surface area contributed by atoms with Crippen LogP contribution in [0.15, 0.2) is 188 Å². The Morgan fingerprint density at radius 3 is 1.58 bits per heavy atom. The fraction of sp³-hybridized carbons (Fsp3) is 0. The Bertz CT molecular complexity index is 2880. The standard InChI is InChI=1S/C48H31N5/c1-3-13-32(14-4-1)38-30-36-19-12-28-49-45(36)42(31-38)35-17-11-18-37(29-35)48-51-46(33-15-5-2-6-16-33)50-47(52-48)34-24-26-39(27-25-34)53-43-22-9-7-20-40(43)41-21-8-10-23-44(41)53/h1-31H. The maximum atomic E-state index is 5.11. The van der Waals surface area contributed by atoms with Crippen molar-refractivity contribution in [3.63, 3.8) is 0 Å². The number of para-hydroxylation sites is 2. The van der Waals surface area contributed by atoms with Crippen molar-refractivity contribution in [1.29, 1.82) is 0 Å². The van der Waals surface area contributed by atoms with Gasteiger partial charge in [-0.25, -0.2) is 15.0 Å². The molecule has 10 rings (SSSR count). The largest absolute Gasteiger partial charge is 0.309 e. The highest BCUT2D eigenvalue weighted by Crippen LogP contribution is 2.36. The topological polar surface area (TPSA) is 56.5 Å². The number of pyridine rings is 1. The molecule has 7 aromatic carbocycles. The quantitative estimate of drug-likeness (QED) is 0.176. The van der Waals surface area contributed by atoms with Gasteiger partial charge in [0.2, 0.25) is 0 Å². The van der Waals surface area contributed by atoms with E-state index < -0.39 is 0 Å². The normalized spacial score (nSPS) is 11.4. The summed E-state index contributed by atoms with van der Waals surface area (Å²) >= 11 is 0. The van der Waals surface area contributed by atoms with Gasteiger partial charge < -0.3 is 4.57 Å². The Hall–Kier alpha value is -7.24. The van der Waals surface area contributed by atoms with Gasteiger partial charge in [-0.05, 0) is 77.4 Å². The molecule has 0 aliphatic carbocycles. The maximum Gasteiger partial charge on any atom is 0.164 e. The first-order valence-corrected chi connectivity index (χ1v) is 17.7. The Morgan fingerprint density at radius 2 is 0.906 bits per heavy atom. The first kappa shape index (κ1) is 30.6. The molecule has 3 heterocycles. The number of fused-ring (bicyclic) bond motifs is 4. The van der Waals surface area contributed by atoms with Gasteiger partial charge in [0.25, 0.3) is 0 Å². The molecule has 53 heavy (non-hydrogen) atoms. The first-order valence-electron chi connectivity index (χ1n) is 17.7. The fourth-order valence-corrected chi connectivity index (χ4v) is 7.35. The molecule has 0 amide bonds. The van der Waals surface area contributed by atoms with E-state index in [1.807, 2.05) is 48.7 Å². The molecule has 0 bridgehead atoms. The van der Waals surface area contributed by atoms with Crippen molar-refractivity contribution < 1.29 is 0 Å². The summed E-state index contributed by atoms with van der Waals surface area (Å²) in [5.41, 5.74) is 11.5.